The Morgan fingerprint density at radius 2 is 1.77 bits per heavy atom. The third-order valence-electron chi connectivity index (χ3n) is 5.43. The van der Waals surface area contributed by atoms with Gasteiger partial charge in [-0.2, -0.15) is 4.31 Å². The summed E-state index contributed by atoms with van der Waals surface area (Å²) in [5.41, 5.74) is 1.02. The Labute approximate surface area is 156 Å². The smallest absolute Gasteiger partial charge is 0.279 e. The first-order valence-electron chi connectivity index (χ1n) is 9.52. The van der Waals surface area contributed by atoms with Crippen LogP contribution in [-0.4, -0.2) is 62.4 Å². The molecule has 2 fully saturated rings. The molecule has 0 bridgehead atoms. The number of rotatable bonds is 5. The Hall–Kier alpha value is -1.44. The molecule has 2 heterocycles. The monoisotopic (exact) mass is 380 g/mol. The third-order valence-corrected chi connectivity index (χ3v) is 7.32. The van der Waals surface area contributed by atoms with E-state index in [9.17, 15) is 13.2 Å². The quantitative estimate of drug-likeness (QED) is 0.809. The lowest BCUT2D eigenvalue weighted by Gasteiger charge is -2.33. The van der Waals surface area contributed by atoms with E-state index >= 15 is 0 Å². The molecule has 1 atom stereocenters. The molecule has 0 saturated carbocycles. The van der Waals surface area contributed by atoms with Gasteiger partial charge < -0.3 is 9.80 Å². The number of nitrogens with one attached hydrogen (secondary N) is 1. The zero-order valence-electron chi connectivity index (χ0n) is 15.9. The minimum Gasteiger partial charge on any atom is -0.327 e. The van der Waals surface area contributed by atoms with Crippen molar-refractivity contribution in [1.29, 1.82) is 0 Å². The van der Waals surface area contributed by atoms with Crippen LogP contribution in [0.4, 0.5) is 0 Å². The number of carbonyl (C=O) groups is 1. The number of hydrogen-bond donors (Lipinski definition) is 1. The SMILES string of the molecule is Cc1ccc(S(=O)(=O)N2CCN(C(=O)C[NH+]3CCCC3)[C@H]2C(C)C)cc1. The standard InChI is InChI=1S/C19H29N3O3S/c1-15(2)19-21(18(23)14-20-10-4-5-11-20)12-13-22(19)26(24,25)17-8-6-16(3)7-9-17/h6-9,15,19H,4-5,10-14H2,1-3H3/p+1/t19-/m1/s1. The molecule has 144 valence electrons. The average molecular weight is 381 g/mol. The van der Waals surface area contributed by atoms with E-state index in [4.69, 9.17) is 0 Å². The summed E-state index contributed by atoms with van der Waals surface area (Å²) >= 11 is 0. The molecule has 0 aromatic heterocycles. The highest BCUT2D eigenvalue weighted by Crippen LogP contribution is 2.28. The molecule has 3 rings (SSSR count). The zero-order chi connectivity index (χ0) is 18.9. The van der Waals surface area contributed by atoms with Gasteiger partial charge in [-0.3, -0.25) is 4.79 Å². The molecule has 2 saturated heterocycles. The number of likely N-dealkylation sites (tertiary alicyclic amines) is 1. The fourth-order valence-corrected chi connectivity index (χ4v) is 5.78. The van der Waals surface area contributed by atoms with Gasteiger partial charge in [0.2, 0.25) is 10.0 Å². The van der Waals surface area contributed by atoms with E-state index in [2.05, 4.69) is 0 Å². The highest BCUT2D eigenvalue weighted by Gasteiger charge is 2.44. The van der Waals surface area contributed by atoms with Crippen LogP contribution in [0.2, 0.25) is 0 Å². The van der Waals surface area contributed by atoms with E-state index in [1.807, 2.05) is 32.9 Å². The van der Waals surface area contributed by atoms with Crippen molar-refractivity contribution >= 4 is 15.9 Å². The summed E-state index contributed by atoms with van der Waals surface area (Å²) in [5.74, 6) is 0.109. The van der Waals surface area contributed by atoms with E-state index in [1.165, 1.54) is 22.0 Å². The van der Waals surface area contributed by atoms with E-state index in [1.54, 1.807) is 17.0 Å². The lowest BCUT2D eigenvalue weighted by atomic mass is 10.1. The normalized spacial score (nSPS) is 22.5. The highest BCUT2D eigenvalue weighted by atomic mass is 32.2. The molecule has 26 heavy (non-hydrogen) atoms. The van der Waals surface area contributed by atoms with Crippen molar-refractivity contribution in [2.24, 2.45) is 5.92 Å². The molecule has 1 aromatic carbocycles. The summed E-state index contributed by atoms with van der Waals surface area (Å²) in [7, 11) is -3.61. The van der Waals surface area contributed by atoms with E-state index in [-0.39, 0.29) is 11.8 Å². The van der Waals surface area contributed by atoms with Gasteiger partial charge in [0.25, 0.3) is 5.91 Å². The lowest BCUT2D eigenvalue weighted by Crippen LogP contribution is -3.11. The maximum atomic E-state index is 13.2. The molecule has 7 heteroatoms. The van der Waals surface area contributed by atoms with Gasteiger partial charge in [0.05, 0.1) is 18.0 Å². The molecule has 0 radical (unpaired) electrons. The highest BCUT2D eigenvalue weighted by molar-refractivity contribution is 7.89. The number of carbonyl (C=O) groups excluding carboxylic acids is 1. The van der Waals surface area contributed by atoms with Crippen LogP contribution >= 0.6 is 0 Å². The predicted molar refractivity (Wildman–Crippen MR) is 100 cm³/mol. The average Bonchev–Trinajstić information content (AvgIpc) is 3.24. The van der Waals surface area contributed by atoms with Gasteiger partial charge in [0.15, 0.2) is 6.54 Å². The number of hydrogen-bond acceptors (Lipinski definition) is 3. The van der Waals surface area contributed by atoms with Crippen LogP contribution in [0.1, 0.15) is 32.3 Å². The lowest BCUT2D eigenvalue weighted by molar-refractivity contribution is -0.879. The Morgan fingerprint density at radius 3 is 2.35 bits per heavy atom. The summed E-state index contributed by atoms with van der Waals surface area (Å²) in [5, 5.41) is 0. The third kappa shape index (κ3) is 3.80. The van der Waals surface area contributed by atoms with Crippen molar-refractivity contribution in [2.75, 3.05) is 32.7 Å². The zero-order valence-corrected chi connectivity index (χ0v) is 16.8. The van der Waals surface area contributed by atoms with Crippen LogP contribution in [0, 0.1) is 12.8 Å². The molecule has 2 aliphatic rings. The van der Waals surface area contributed by atoms with Gasteiger partial charge in [0.1, 0.15) is 6.17 Å². The van der Waals surface area contributed by atoms with Gasteiger partial charge >= 0.3 is 0 Å². The maximum Gasteiger partial charge on any atom is 0.279 e. The molecule has 0 spiro atoms. The van der Waals surface area contributed by atoms with E-state index < -0.39 is 16.2 Å². The first-order chi connectivity index (χ1) is 12.3. The van der Waals surface area contributed by atoms with Crippen molar-refractivity contribution in [2.45, 2.75) is 44.7 Å². The van der Waals surface area contributed by atoms with Crippen LogP contribution in [0.25, 0.3) is 0 Å². The molecule has 6 nitrogen and oxygen atoms in total. The Bertz CT molecular complexity index is 740. The molecule has 2 aliphatic heterocycles. The van der Waals surface area contributed by atoms with Crippen LogP contribution in [-0.2, 0) is 14.8 Å². The van der Waals surface area contributed by atoms with Crippen molar-refractivity contribution in [3.05, 3.63) is 29.8 Å². The summed E-state index contributed by atoms with van der Waals surface area (Å²) in [4.78, 5) is 16.2. The summed E-state index contributed by atoms with van der Waals surface area (Å²) in [6.07, 6.45) is 1.93. The van der Waals surface area contributed by atoms with E-state index in [0.717, 1.165) is 18.7 Å². The molecule has 0 unspecified atom stereocenters. The van der Waals surface area contributed by atoms with Crippen molar-refractivity contribution in [3.8, 4) is 0 Å². The number of amides is 1. The van der Waals surface area contributed by atoms with Crippen molar-refractivity contribution in [1.82, 2.24) is 9.21 Å². The predicted octanol–water partition coefficient (Wildman–Crippen LogP) is 0.489. The fraction of sp³-hybridized carbons (Fsp3) is 0.632. The summed E-state index contributed by atoms with van der Waals surface area (Å²) in [6, 6.07) is 6.93. The van der Waals surface area contributed by atoms with Crippen molar-refractivity contribution < 1.29 is 18.1 Å². The summed E-state index contributed by atoms with van der Waals surface area (Å²) in [6.45, 7) is 9.29. The molecule has 1 aromatic rings. The number of sulfonamides is 1. The van der Waals surface area contributed by atoms with Gasteiger partial charge in [-0.05, 0) is 25.0 Å². The second-order valence-electron chi connectivity index (χ2n) is 7.81. The van der Waals surface area contributed by atoms with Gasteiger partial charge in [0, 0.05) is 25.9 Å². The van der Waals surface area contributed by atoms with Crippen LogP contribution in [0.3, 0.4) is 0 Å². The topological polar surface area (TPSA) is 62.1 Å². The maximum absolute atomic E-state index is 13.2. The first kappa shape index (κ1) is 19.3. The van der Waals surface area contributed by atoms with Gasteiger partial charge in [-0.1, -0.05) is 31.5 Å². The number of aryl methyl sites for hydroxylation is 1. The second-order valence-corrected chi connectivity index (χ2v) is 9.70. The number of benzene rings is 1. The van der Waals surface area contributed by atoms with Gasteiger partial charge in [-0.25, -0.2) is 8.42 Å². The van der Waals surface area contributed by atoms with Gasteiger partial charge in [-0.15, -0.1) is 0 Å². The minimum absolute atomic E-state index is 0.0373. The number of nitrogens with zero attached hydrogens (tertiary/aromatic N) is 2. The molecule has 1 amide bonds. The Morgan fingerprint density at radius 1 is 1.15 bits per heavy atom. The summed E-state index contributed by atoms with van der Waals surface area (Å²) < 4.78 is 27.8. The fourth-order valence-electron chi connectivity index (χ4n) is 4.07. The number of quaternary nitrogens is 1. The van der Waals surface area contributed by atoms with Crippen LogP contribution in [0.15, 0.2) is 29.2 Å². The van der Waals surface area contributed by atoms with Crippen molar-refractivity contribution in [3.63, 3.8) is 0 Å². The first-order valence-corrected chi connectivity index (χ1v) is 11.0. The van der Waals surface area contributed by atoms with Crippen LogP contribution < -0.4 is 4.90 Å². The minimum atomic E-state index is -3.61. The van der Waals surface area contributed by atoms with E-state index in [0.29, 0.717) is 24.5 Å². The van der Waals surface area contributed by atoms with Crippen LogP contribution in [0.5, 0.6) is 0 Å². The largest absolute Gasteiger partial charge is 0.327 e. The molecular weight excluding hydrogens is 350 g/mol. The molecule has 1 N–H and O–H groups in total. The Kier molecular flexibility index (Phi) is 5.69. The Balaban J connectivity index is 1.81. The molecule has 0 aliphatic carbocycles. The molecular formula is C19H30N3O3S+. The second kappa shape index (κ2) is 7.66.